The smallest absolute Gasteiger partial charge is 0.266 e. The summed E-state index contributed by atoms with van der Waals surface area (Å²) in [6.07, 6.45) is 1.49. The summed E-state index contributed by atoms with van der Waals surface area (Å²) >= 11 is 3.37. The lowest BCUT2D eigenvalue weighted by Crippen LogP contribution is -2.31. The number of hydrogen-bond acceptors (Lipinski definition) is 5. The van der Waals surface area contributed by atoms with Gasteiger partial charge in [-0.05, 0) is 43.2 Å². The minimum atomic E-state index is -0.618. The Morgan fingerprint density at radius 2 is 2.00 bits per heavy atom. The summed E-state index contributed by atoms with van der Waals surface area (Å²) in [5.74, 6) is -0.618. The summed E-state index contributed by atoms with van der Waals surface area (Å²) < 4.78 is 1.96. The van der Waals surface area contributed by atoms with Gasteiger partial charge in [0.05, 0.1) is 11.9 Å². The molecule has 0 bridgehead atoms. The first-order valence-electron chi connectivity index (χ1n) is 8.61. The molecule has 3 aromatic rings. The van der Waals surface area contributed by atoms with Gasteiger partial charge >= 0.3 is 0 Å². The van der Waals surface area contributed by atoms with E-state index in [-0.39, 0.29) is 16.8 Å². The normalized spacial score (nSPS) is 10.7. The number of carbonyl (C=O) groups is 1. The van der Waals surface area contributed by atoms with E-state index >= 15 is 0 Å². The van der Waals surface area contributed by atoms with E-state index in [1.54, 1.807) is 12.1 Å². The van der Waals surface area contributed by atoms with Gasteiger partial charge in [0.2, 0.25) is 0 Å². The summed E-state index contributed by atoms with van der Waals surface area (Å²) in [5, 5.41) is 17.6. The number of aromatic nitrogens is 2. The maximum Gasteiger partial charge on any atom is 0.292 e. The molecule has 0 aliphatic carbocycles. The number of hydrogen-bond donors (Lipinski definition) is 1. The molecule has 29 heavy (non-hydrogen) atoms. The van der Waals surface area contributed by atoms with Crippen LogP contribution in [0.2, 0.25) is 0 Å². The monoisotopic (exact) mass is 449 g/mol. The van der Waals surface area contributed by atoms with Crippen LogP contribution in [0.4, 0.5) is 0 Å². The summed E-state index contributed by atoms with van der Waals surface area (Å²) in [6.45, 7) is 3.33. The molecule has 1 N–H and O–H groups in total. The van der Waals surface area contributed by atoms with Crippen molar-refractivity contribution in [2.75, 3.05) is 0 Å². The second-order valence-electron chi connectivity index (χ2n) is 6.22. The highest BCUT2D eigenvalue weighted by atomic mass is 79.9. The molecule has 0 unspecified atom stereocenters. The molecule has 0 spiro atoms. The quantitative estimate of drug-likeness (QED) is 0.487. The Balaban J connectivity index is 1.99. The molecule has 1 amide bonds. The highest BCUT2D eigenvalue weighted by molar-refractivity contribution is 9.10. The van der Waals surface area contributed by atoms with Crippen LogP contribution in [-0.4, -0.2) is 21.9 Å². The van der Waals surface area contributed by atoms with Crippen LogP contribution in [0.1, 0.15) is 32.7 Å². The third-order valence-corrected chi connectivity index (χ3v) is 4.73. The molecule has 0 atom stereocenters. The SMILES string of the molecule is Cc1ccccc1-n1nc(C(=O)N/N=C/c2cccc(Br)c2)c(C)c(C#N)c1=O. The predicted octanol–water partition coefficient (Wildman–Crippen LogP) is 3.25. The molecule has 1 heterocycles. The molecule has 0 aliphatic rings. The van der Waals surface area contributed by atoms with Gasteiger partial charge in [0.15, 0.2) is 5.69 Å². The molecule has 144 valence electrons. The van der Waals surface area contributed by atoms with Crippen molar-refractivity contribution in [1.29, 1.82) is 5.26 Å². The summed E-state index contributed by atoms with van der Waals surface area (Å²) in [6, 6.07) is 16.4. The lowest BCUT2D eigenvalue weighted by atomic mass is 10.1. The Kier molecular flexibility index (Phi) is 6.00. The fourth-order valence-corrected chi connectivity index (χ4v) is 3.14. The van der Waals surface area contributed by atoms with Crippen molar-refractivity contribution in [3.63, 3.8) is 0 Å². The zero-order chi connectivity index (χ0) is 21.0. The average molecular weight is 450 g/mol. The van der Waals surface area contributed by atoms with E-state index in [0.29, 0.717) is 5.69 Å². The number of amides is 1. The van der Waals surface area contributed by atoms with E-state index < -0.39 is 11.5 Å². The Bertz CT molecular complexity index is 1220. The molecular formula is C21H16BrN5O2. The highest BCUT2D eigenvalue weighted by Crippen LogP contribution is 2.14. The van der Waals surface area contributed by atoms with Gasteiger partial charge in [-0.2, -0.15) is 20.1 Å². The van der Waals surface area contributed by atoms with Gasteiger partial charge < -0.3 is 0 Å². The van der Waals surface area contributed by atoms with Crippen LogP contribution in [0.25, 0.3) is 5.69 Å². The predicted molar refractivity (Wildman–Crippen MR) is 113 cm³/mol. The number of nitrogens with one attached hydrogen (secondary N) is 1. The summed E-state index contributed by atoms with van der Waals surface area (Å²) in [4.78, 5) is 25.3. The van der Waals surface area contributed by atoms with Crippen LogP contribution in [0.3, 0.4) is 0 Å². The van der Waals surface area contributed by atoms with Crippen LogP contribution in [0.15, 0.2) is 62.9 Å². The topological polar surface area (TPSA) is 100 Å². The van der Waals surface area contributed by atoms with Gasteiger partial charge in [0.1, 0.15) is 11.6 Å². The molecule has 0 saturated carbocycles. The maximum atomic E-state index is 12.7. The minimum Gasteiger partial charge on any atom is -0.266 e. The third kappa shape index (κ3) is 4.31. The number of aryl methyl sites for hydroxylation is 1. The van der Waals surface area contributed by atoms with E-state index in [2.05, 4.69) is 31.6 Å². The van der Waals surface area contributed by atoms with Crippen molar-refractivity contribution >= 4 is 28.1 Å². The third-order valence-electron chi connectivity index (χ3n) is 4.24. The van der Waals surface area contributed by atoms with E-state index in [0.717, 1.165) is 20.3 Å². The van der Waals surface area contributed by atoms with Crippen molar-refractivity contribution in [2.24, 2.45) is 5.10 Å². The molecular weight excluding hydrogens is 434 g/mol. The van der Waals surface area contributed by atoms with Gasteiger partial charge in [0, 0.05) is 10.0 Å². The number of nitrogens with zero attached hydrogens (tertiary/aromatic N) is 4. The number of para-hydroxylation sites is 1. The zero-order valence-corrected chi connectivity index (χ0v) is 17.3. The molecule has 7 nitrogen and oxygen atoms in total. The molecule has 3 rings (SSSR count). The number of rotatable bonds is 4. The lowest BCUT2D eigenvalue weighted by molar-refractivity contribution is 0.0947. The number of benzene rings is 2. The largest absolute Gasteiger partial charge is 0.292 e. The second kappa shape index (κ2) is 8.63. The van der Waals surface area contributed by atoms with Crippen molar-refractivity contribution in [3.05, 3.63) is 91.3 Å². The molecule has 0 aliphatic heterocycles. The number of carbonyl (C=O) groups excluding carboxylic acids is 1. The van der Waals surface area contributed by atoms with E-state index in [1.165, 1.54) is 13.1 Å². The Hall–Kier alpha value is -3.57. The molecule has 0 radical (unpaired) electrons. The van der Waals surface area contributed by atoms with Gasteiger partial charge in [-0.1, -0.05) is 46.3 Å². The number of hydrazone groups is 1. The van der Waals surface area contributed by atoms with Crippen LogP contribution in [0.5, 0.6) is 0 Å². The molecule has 0 fully saturated rings. The van der Waals surface area contributed by atoms with Crippen LogP contribution in [0, 0.1) is 25.2 Å². The minimum absolute atomic E-state index is 0.0456. The second-order valence-corrected chi connectivity index (χ2v) is 7.13. The lowest BCUT2D eigenvalue weighted by Gasteiger charge is -2.12. The van der Waals surface area contributed by atoms with Gasteiger partial charge in [-0.25, -0.2) is 5.43 Å². The van der Waals surface area contributed by atoms with Gasteiger partial charge in [-0.3, -0.25) is 9.59 Å². The Morgan fingerprint density at radius 3 is 2.69 bits per heavy atom. The van der Waals surface area contributed by atoms with Crippen molar-refractivity contribution in [1.82, 2.24) is 15.2 Å². The zero-order valence-electron chi connectivity index (χ0n) is 15.7. The molecule has 1 aromatic heterocycles. The maximum absolute atomic E-state index is 12.7. The number of halogens is 1. The standard InChI is InChI=1S/C21H16BrN5O2/c1-13-6-3-4-9-18(13)27-21(29)17(11-23)14(2)19(26-27)20(28)25-24-12-15-7-5-8-16(22)10-15/h3-10,12H,1-2H3,(H,25,28)/b24-12+. The summed E-state index contributed by atoms with van der Waals surface area (Å²) in [7, 11) is 0. The Morgan fingerprint density at radius 1 is 1.24 bits per heavy atom. The Labute approximate surface area is 175 Å². The number of nitriles is 1. The first-order chi connectivity index (χ1) is 13.9. The van der Waals surface area contributed by atoms with Crippen LogP contribution >= 0.6 is 15.9 Å². The molecule has 0 saturated heterocycles. The van der Waals surface area contributed by atoms with Gasteiger partial charge in [0.25, 0.3) is 11.5 Å². The van der Waals surface area contributed by atoms with Crippen molar-refractivity contribution in [3.8, 4) is 11.8 Å². The van der Waals surface area contributed by atoms with E-state index in [9.17, 15) is 14.9 Å². The fourth-order valence-electron chi connectivity index (χ4n) is 2.72. The first kappa shape index (κ1) is 20.2. The van der Waals surface area contributed by atoms with Crippen LogP contribution in [-0.2, 0) is 0 Å². The molecule has 8 heteroatoms. The van der Waals surface area contributed by atoms with Crippen molar-refractivity contribution in [2.45, 2.75) is 13.8 Å². The van der Waals surface area contributed by atoms with Crippen LogP contribution < -0.4 is 11.0 Å². The first-order valence-corrected chi connectivity index (χ1v) is 9.40. The average Bonchev–Trinajstić information content (AvgIpc) is 2.69. The summed E-state index contributed by atoms with van der Waals surface area (Å²) in [5.41, 5.74) is 3.92. The fraction of sp³-hybridized carbons (Fsp3) is 0.0952. The van der Waals surface area contributed by atoms with Gasteiger partial charge in [-0.15, -0.1) is 0 Å². The van der Waals surface area contributed by atoms with E-state index in [1.807, 2.05) is 49.4 Å². The highest BCUT2D eigenvalue weighted by Gasteiger charge is 2.20. The van der Waals surface area contributed by atoms with E-state index in [4.69, 9.17) is 0 Å². The molecule has 2 aromatic carbocycles. The van der Waals surface area contributed by atoms with Crippen molar-refractivity contribution < 1.29 is 4.79 Å².